The lowest BCUT2D eigenvalue weighted by molar-refractivity contribution is -0.127. The van der Waals surface area contributed by atoms with Crippen LogP contribution in [0.2, 0.25) is 5.02 Å². The van der Waals surface area contributed by atoms with Crippen LogP contribution in [0.15, 0.2) is 59.8 Å². The number of halogens is 1. The number of likely N-dealkylation sites (tertiary alicyclic amines) is 1. The van der Waals surface area contributed by atoms with Crippen molar-refractivity contribution < 1.29 is 9.59 Å². The fourth-order valence-electron chi connectivity index (χ4n) is 3.83. The minimum Gasteiger partial charge on any atom is -0.306 e. The molecular weight excluding hydrogens is 444 g/mol. The molecule has 8 heteroatoms. The van der Waals surface area contributed by atoms with Gasteiger partial charge in [-0.05, 0) is 49.6 Å². The molecule has 1 aliphatic rings. The summed E-state index contributed by atoms with van der Waals surface area (Å²) in [5.41, 5.74) is 1.63. The number of amides is 2. The Morgan fingerprint density at radius 1 is 1.09 bits per heavy atom. The molecule has 1 aliphatic heterocycles. The number of hydrogen-bond donors (Lipinski definition) is 0. The molecule has 0 bridgehead atoms. The van der Waals surface area contributed by atoms with Gasteiger partial charge in [-0.25, -0.2) is 0 Å². The summed E-state index contributed by atoms with van der Waals surface area (Å²) in [4.78, 5) is 27.7. The quantitative estimate of drug-likeness (QED) is 0.483. The molecular formula is C24H25ClN4O2S. The summed E-state index contributed by atoms with van der Waals surface area (Å²) in [6.45, 7) is 3.19. The second-order valence-corrected chi connectivity index (χ2v) is 9.32. The van der Waals surface area contributed by atoms with Crippen LogP contribution in [-0.2, 0) is 17.8 Å². The second-order valence-electron chi connectivity index (χ2n) is 7.71. The second kappa shape index (κ2) is 10.3. The number of hydrogen-bond acceptors (Lipinski definition) is 5. The van der Waals surface area contributed by atoms with Crippen LogP contribution in [0.3, 0.4) is 0 Å². The molecule has 6 nitrogen and oxygen atoms in total. The SMILES string of the molecule is CCn1c(Cc2ccccc2)nnc1SC1CCCCN(C(=O)c2ccc(Cl)cc2)C1=O. The predicted octanol–water partition coefficient (Wildman–Crippen LogP) is 4.86. The molecule has 0 radical (unpaired) electrons. The fraction of sp³-hybridized carbons (Fsp3) is 0.333. The average molecular weight is 469 g/mol. The van der Waals surface area contributed by atoms with Gasteiger partial charge in [0.1, 0.15) is 5.82 Å². The third-order valence-electron chi connectivity index (χ3n) is 5.54. The standard InChI is InChI=1S/C24H25ClN4O2S/c1-2-28-21(16-17-8-4-3-5-9-17)26-27-24(28)32-20-10-6-7-15-29(23(20)31)22(30)18-11-13-19(25)14-12-18/h3-5,8-9,11-14,20H,2,6-7,10,15-16H2,1H3. The summed E-state index contributed by atoms with van der Waals surface area (Å²) in [5.74, 6) is 0.431. The van der Waals surface area contributed by atoms with Crippen LogP contribution in [0.25, 0.3) is 0 Å². The van der Waals surface area contributed by atoms with Crippen molar-refractivity contribution in [1.82, 2.24) is 19.7 Å². The summed E-state index contributed by atoms with van der Waals surface area (Å²) < 4.78 is 2.06. The van der Waals surface area contributed by atoms with Gasteiger partial charge in [0.25, 0.3) is 5.91 Å². The van der Waals surface area contributed by atoms with Gasteiger partial charge >= 0.3 is 0 Å². The highest BCUT2D eigenvalue weighted by Crippen LogP contribution is 2.30. The molecule has 3 aromatic rings. The minimum atomic E-state index is -0.368. The first-order valence-electron chi connectivity index (χ1n) is 10.8. The van der Waals surface area contributed by atoms with Crippen molar-refractivity contribution in [1.29, 1.82) is 0 Å². The molecule has 1 fully saturated rings. The van der Waals surface area contributed by atoms with E-state index < -0.39 is 0 Å². The van der Waals surface area contributed by atoms with Gasteiger partial charge in [-0.3, -0.25) is 14.5 Å². The van der Waals surface area contributed by atoms with E-state index in [1.54, 1.807) is 24.3 Å². The predicted molar refractivity (Wildman–Crippen MR) is 126 cm³/mol. The van der Waals surface area contributed by atoms with Crippen LogP contribution >= 0.6 is 23.4 Å². The van der Waals surface area contributed by atoms with Gasteiger partial charge in [0.2, 0.25) is 5.91 Å². The number of rotatable bonds is 6. The molecule has 0 saturated carbocycles. The van der Waals surface area contributed by atoms with Crippen LogP contribution in [-0.4, -0.2) is 43.3 Å². The van der Waals surface area contributed by atoms with Gasteiger partial charge < -0.3 is 4.57 Å². The number of carbonyl (C=O) groups is 2. The number of benzene rings is 2. The zero-order valence-electron chi connectivity index (χ0n) is 17.9. The highest BCUT2D eigenvalue weighted by Gasteiger charge is 2.33. The van der Waals surface area contributed by atoms with Crippen molar-refractivity contribution in [3.63, 3.8) is 0 Å². The Morgan fingerprint density at radius 2 is 1.84 bits per heavy atom. The Bertz CT molecular complexity index is 1090. The lowest BCUT2D eigenvalue weighted by atomic mass is 10.1. The Labute approximate surface area is 197 Å². The first-order chi connectivity index (χ1) is 15.6. The van der Waals surface area contributed by atoms with E-state index >= 15 is 0 Å². The van der Waals surface area contributed by atoms with E-state index in [1.165, 1.54) is 16.7 Å². The molecule has 0 spiro atoms. The van der Waals surface area contributed by atoms with E-state index in [9.17, 15) is 9.59 Å². The smallest absolute Gasteiger partial charge is 0.260 e. The van der Waals surface area contributed by atoms with Gasteiger partial charge in [0, 0.05) is 30.1 Å². The summed E-state index contributed by atoms with van der Waals surface area (Å²) >= 11 is 7.35. The van der Waals surface area contributed by atoms with Gasteiger partial charge in [0.05, 0.1) is 5.25 Å². The molecule has 4 rings (SSSR count). The van der Waals surface area contributed by atoms with Crippen LogP contribution < -0.4 is 0 Å². The summed E-state index contributed by atoms with van der Waals surface area (Å²) in [6.07, 6.45) is 3.06. The number of aromatic nitrogens is 3. The number of thioether (sulfide) groups is 1. The highest BCUT2D eigenvalue weighted by atomic mass is 35.5. The van der Waals surface area contributed by atoms with Gasteiger partial charge in [0.15, 0.2) is 5.16 Å². The molecule has 1 aromatic heterocycles. The van der Waals surface area contributed by atoms with Crippen LogP contribution in [0.4, 0.5) is 0 Å². The Balaban J connectivity index is 1.52. The molecule has 0 N–H and O–H groups in total. The monoisotopic (exact) mass is 468 g/mol. The maximum atomic E-state index is 13.3. The maximum absolute atomic E-state index is 13.3. The average Bonchev–Trinajstić information content (AvgIpc) is 3.09. The van der Waals surface area contributed by atoms with E-state index in [-0.39, 0.29) is 17.1 Å². The summed E-state index contributed by atoms with van der Waals surface area (Å²) in [6, 6.07) is 16.8. The number of carbonyl (C=O) groups excluding carboxylic acids is 2. The van der Waals surface area contributed by atoms with Gasteiger partial charge in [-0.1, -0.05) is 60.1 Å². The van der Waals surface area contributed by atoms with Crippen molar-refractivity contribution in [2.45, 2.75) is 49.6 Å². The van der Waals surface area contributed by atoms with Crippen molar-refractivity contribution in [3.8, 4) is 0 Å². The van der Waals surface area contributed by atoms with Crippen molar-refractivity contribution in [2.75, 3.05) is 6.54 Å². The largest absolute Gasteiger partial charge is 0.306 e. The molecule has 166 valence electrons. The van der Waals surface area contributed by atoms with E-state index in [4.69, 9.17) is 11.6 Å². The topological polar surface area (TPSA) is 68.1 Å². The number of imide groups is 1. The molecule has 1 unspecified atom stereocenters. The third-order valence-corrected chi connectivity index (χ3v) is 7.02. The van der Waals surface area contributed by atoms with Gasteiger partial charge in [-0.15, -0.1) is 10.2 Å². The first kappa shape index (κ1) is 22.6. The Hall–Kier alpha value is -2.64. The van der Waals surface area contributed by atoms with Crippen LogP contribution in [0.1, 0.15) is 47.9 Å². The third kappa shape index (κ3) is 5.05. The molecule has 1 saturated heterocycles. The lowest BCUT2D eigenvalue weighted by Gasteiger charge is -2.22. The van der Waals surface area contributed by atoms with Crippen LogP contribution in [0.5, 0.6) is 0 Å². The van der Waals surface area contributed by atoms with Crippen molar-refractivity contribution in [2.24, 2.45) is 0 Å². The molecule has 1 atom stereocenters. The number of nitrogens with zero attached hydrogens (tertiary/aromatic N) is 4. The molecule has 2 heterocycles. The molecule has 2 aromatic carbocycles. The van der Waals surface area contributed by atoms with Gasteiger partial charge in [-0.2, -0.15) is 0 Å². The zero-order valence-corrected chi connectivity index (χ0v) is 19.5. The normalized spacial score (nSPS) is 16.8. The van der Waals surface area contributed by atoms with Crippen LogP contribution in [0, 0.1) is 0 Å². The maximum Gasteiger partial charge on any atom is 0.260 e. The van der Waals surface area contributed by atoms with E-state index in [0.717, 1.165) is 29.4 Å². The summed E-state index contributed by atoms with van der Waals surface area (Å²) in [5, 5.41) is 9.69. The first-order valence-corrected chi connectivity index (χ1v) is 12.1. The lowest BCUT2D eigenvalue weighted by Crippen LogP contribution is -2.41. The zero-order chi connectivity index (χ0) is 22.5. The Morgan fingerprint density at radius 3 is 2.56 bits per heavy atom. The minimum absolute atomic E-state index is 0.164. The Kier molecular flexibility index (Phi) is 7.27. The van der Waals surface area contributed by atoms with E-state index in [1.807, 2.05) is 25.1 Å². The van der Waals surface area contributed by atoms with E-state index in [0.29, 0.717) is 36.5 Å². The van der Waals surface area contributed by atoms with E-state index in [2.05, 4.69) is 26.9 Å². The van der Waals surface area contributed by atoms with Crippen molar-refractivity contribution in [3.05, 3.63) is 76.6 Å². The van der Waals surface area contributed by atoms with Crippen molar-refractivity contribution >= 4 is 35.2 Å². The molecule has 2 amide bonds. The fourth-order valence-corrected chi connectivity index (χ4v) is 5.17. The highest BCUT2D eigenvalue weighted by molar-refractivity contribution is 8.00. The summed E-state index contributed by atoms with van der Waals surface area (Å²) in [7, 11) is 0. The molecule has 0 aliphatic carbocycles. The molecule has 32 heavy (non-hydrogen) atoms.